The second kappa shape index (κ2) is 6.56. The Morgan fingerprint density at radius 2 is 1.90 bits per heavy atom. The van der Waals surface area contributed by atoms with Gasteiger partial charge in [0.1, 0.15) is 4.90 Å². The van der Waals surface area contributed by atoms with Crippen molar-refractivity contribution in [2.24, 2.45) is 0 Å². The molecule has 2 aromatic rings. The highest BCUT2D eigenvalue weighted by Crippen LogP contribution is 2.22. The van der Waals surface area contributed by atoms with Crippen molar-refractivity contribution < 1.29 is 8.42 Å². The van der Waals surface area contributed by atoms with Crippen LogP contribution < -0.4 is 4.72 Å². The summed E-state index contributed by atoms with van der Waals surface area (Å²) in [5, 5.41) is 0.158. The van der Waals surface area contributed by atoms with Crippen LogP contribution in [0.4, 0.5) is 0 Å². The first-order chi connectivity index (χ1) is 9.94. The Kier molecular flexibility index (Phi) is 4.98. The van der Waals surface area contributed by atoms with Gasteiger partial charge >= 0.3 is 0 Å². The molecule has 1 heterocycles. The Labute approximate surface area is 130 Å². The lowest BCUT2D eigenvalue weighted by molar-refractivity contribution is 0.566. The summed E-state index contributed by atoms with van der Waals surface area (Å²) in [5.74, 6) is 0. The molecule has 1 atom stereocenters. The number of aryl methyl sites for hydroxylation is 1. The van der Waals surface area contributed by atoms with Gasteiger partial charge in [-0.2, -0.15) is 0 Å². The van der Waals surface area contributed by atoms with E-state index in [0.29, 0.717) is 0 Å². The molecule has 1 aromatic heterocycles. The molecule has 0 saturated carbocycles. The van der Waals surface area contributed by atoms with Crippen LogP contribution in [0.1, 0.15) is 31.0 Å². The minimum Gasteiger partial charge on any atom is -0.263 e. The maximum Gasteiger partial charge on any atom is 0.244 e. The Morgan fingerprint density at radius 3 is 2.48 bits per heavy atom. The minimum atomic E-state index is -3.70. The quantitative estimate of drug-likeness (QED) is 0.917. The number of sulfonamides is 1. The van der Waals surface area contributed by atoms with Crippen molar-refractivity contribution in [2.75, 3.05) is 0 Å². The summed E-state index contributed by atoms with van der Waals surface area (Å²) in [6.45, 7) is 3.87. The molecule has 21 heavy (non-hydrogen) atoms. The molecule has 0 radical (unpaired) electrons. The van der Waals surface area contributed by atoms with E-state index in [1.807, 2.05) is 24.3 Å². The SMILES string of the molecule is CCc1ccc(C(C)NS(=O)(=O)c2cnccc2Cl)cc1. The number of hydrogen-bond acceptors (Lipinski definition) is 3. The summed E-state index contributed by atoms with van der Waals surface area (Å²) < 4.78 is 27.3. The van der Waals surface area contributed by atoms with E-state index in [2.05, 4.69) is 16.6 Å². The van der Waals surface area contributed by atoms with Gasteiger partial charge < -0.3 is 0 Å². The fourth-order valence-electron chi connectivity index (χ4n) is 1.97. The van der Waals surface area contributed by atoms with Crippen LogP contribution >= 0.6 is 11.6 Å². The number of rotatable bonds is 5. The maximum atomic E-state index is 12.3. The standard InChI is InChI=1S/C15H17ClN2O2S/c1-3-12-4-6-13(7-5-12)11(2)18-21(19,20)15-10-17-9-8-14(15)16/h4-11,18H,3H2,1-2H3. The van der Waals surface area contributed by atoms with Gasteiger partial charge in [0.15, 0.2) is 0 Å². The molecular weight excluding hydrogens is 308 g/mol. The van der Waals surface area contributed by atoms with Gasteiger partial charge in [0, 0.05) is 18.4 Å². The van der Waals surface area contributed by atoms with Crippen molar-refractivity contribution in [2.45, 2.75) is 31.2 Å². The Morgan fingerprint density at radius 1 is 1.24 bits per heavy atom. The molecule has 2 rings (SSSR count). The summed E-state index contributed by atoms with van der Waals surface area (Å²) in [6.07, 6.45) is 3.65. The second-order valence-corrected chi connectivity index (χ2v) is 6.83. The van der Waals surface area contributed by atoms with E-state index >= 15 is 0 Å². The zero-order valence-electron chi connectivity index (χ0n) is 11.9. The third-order valence-corrected chi connectivity index (χ3v) is 5.25. The first-order valence-corrected chi connectivity index (χ1v) is 8.51. The van der Waals surface area contributed by atoms with Crippen molar-refractivity contribution >= 4 is 21.6 Å². The Hall–Kier alpha value is -1.43. The van der Waals surface area contributed by atoms with Crippen LogP contribution in [-0.2, 0) is 16.4 Å². The molecule has 1 N–H and O–H groups in total. The number of pyridine rings is 1. The van der Waals surface area contributed by atoms with Gasteiger partial charge in [0.05, 0.1) is 5.02 Å². The number of nitrogens with one attached hydrogen (secondary N) is 1. The number of halogens is 1. The van der Waals surface area contributed by atoms with Crippen LogP contribution in [0, 0.1) is 0 Å². The highest BCUT2D eigenvalue weighted by Gasteiger charge is 2.21. The van der Waals surface area contributed by atoms with Gasteiger partial charge in [-0.05, 0) is 30.5 Å². The van der Waals surface area contributed by atoms with Crippen molar-refractivity contribution in [1.82, 2.24) is 9.71 Å². The van der Waals surface area contributed by atoms with Crippen molar-refractivity contribution in [3.05, 3.63) is 58.9 Å². The lowest BCUT2D eigenvalue weighted by atomic mass is 10.1. The van der Waals surface area contributed by atoms with E-state index in [1.165, 1.54) is 24.0 Å². The molecule has 0 fully saturated rings. The van der Waals surface area contributed by atoms with Crippen molar-refractivity contribution in [3.63, 3.8) is 0 Å². The maximum absolute atomic E-state index is 12.3. The molecule has 1 unspecified atom stereocenters. The van der Waals surface area contributed by atoms with E-state index < -0.39 is 10.0 Å². The van der Waals surface area contributed by atoms with E-state index in [4.69, 9.17) is 11.6 Å². The molecule has 0 amide bonds. The normalized spacial score (nSPS) is 13.1. The summed E-state index contributed by atoms with van der Waals surface area (Å²) >= 11 is 5.92. The molecule has 0 aliphatic carbocycles. The zero-order chi connectivity index (χ0) is 15.5. The summed E-state index contributed by atoms with van der Waals surface area (Å²) in [5.41, 5.74) is 2.11. The predicted molar refractivity (Wildman–Crippen MR) is 83.8 cm³/mol. The first-order valence-electron chi connectivity index (χ1n) is 6.64. The monoisotopic (exact) mass is 324 g/mol. The molecule has 0 bridgehead atoms. The lowest BCUT2D eigenvalue weighted by Gasteiger charge is -2.15. The van der Waals surface area contributed by atoms with E-state index in [9.17, 15) is 8.42 Å². The van der Waals surface area contributed by atoms with Crippen LogP contribution in [0.3, 0.4) is 0 Å². The van der Waals surface area contributed by atoms with Crippen LogP contribution in [0.5, 0.6) is 0 Å². The number of benzene rings is 1. The summed E-state index contributed by atoms with van der Waals surface area (Å²) in [6, 6.07) is 8.95. The molecule has 0 spiro atoms. The molecular formula is C15H17ClN2O2S. The van der Waals surface area contributed by atoms with E-state index in [0.717, 1.165) is 12.0 Å². The van der Waals surface area contributed by atoms with Crippen molar-refractivity contribution in [3.8, 4) is 0 Å². The van der Waals surface area contributed by atoms with Crippen LogP contribution in [0.2, 0.25) is 5.02 Å². The summed E-state index contributed by atoms with van der Waals surface area (Å²) in [7, 11) is -3.70. The third kappa shape index (κ3) is 3.81. The Bertz CT molecular complexity index is 715. The molecule has 4 nitrogen and oxygen atoms in total. The third-order valence-electron chi connectivity index (χ3n) is 3.24. The van der Waals surface area contributed by atoms with Crippen LogP contribution in [-0.4, -0.2) is 13.4 Å². The highest BCUT2D eigenvalue weighted by molar-refractivity contribution is 7.89. The number of hydrogen-bond donors (Lipinski definition) is 1. The van der Waals surface area contributed by atoms with Gasteiger partial charge in [-0.25, -0.2) is 13.1 Å². The molecule has 1 aromatic carbocycles. The fraction of sp³-hybridized carbons (Fsp3) is 0.267. The number of aromatic nitrogens is 1. The first kappa shape index (κ1) is 15.9. The molecule has 0 aliphatic heterocycles. The average molecular weight is 325 g/mol. The van der Waals surface area contributed by atoms with Gasteiger partial charge in [0.2, 0.25) is 10.0 Å². The second-order valence-electron chi connectivity index (χ2n) is 4.74. The molecule has 112 valence electrons. The molecule has 0 saturated heterocycles. The zero-order valence-corrected chi connectivity index (χ0v) is 13.4. The van der Waals surface area contributed by atoms with Crippen LogP contribution in [0.15, 0.2) is 47.6 Å². The smallest absolute Gasteiger partial charge is 0.244 e. The molecule has 0 aliphatic rings. The highest BCUT2D eigenvalue weighted by atomic mass is 35.5. The average Bonchev–Trinajstić information content (AvgIpc) is 2.47. The summed E-state index contributed by atoms with van der Waals surface area (Å²) in [4.78, 5) is 3.80. The van der Waals surface area contributed by atoms with Gasteiger partial charge in [-0.3, -0.25) is 4.98 Å². The number of nitrogens with zero attached hydrogens (tertiary/aromatic N) is 1. The van der Waals surface area contributed by atoms with Crippen LogP contribution in [0.25, 0.3) is 0 Å². The fourth-order valence-corrected chi connectivity index (χ4v) is 3.63. The lowest BCUT2D eigenvalue weighted by Crippen LogP contribution is -2.27. The predicted octanol–water partition coefficient (Wildman–Crippen LogP) is 3.34. The minimum absolute atomic E-state index is 0.0105. The van der Waals surface area contributed by atoms with Gasteiger partial charge in [-0.15, -0.1) is 0 Å². The van der Waals surface area contributed by atoms with E-state index in [1.54, 1.807) is 6.92 Å². The van der Waals surface area contributed by atoms with Crippen molar-refractivity contribution in [1.29, 1.82) is 0 Å². The van der Waals surface area contributed by atoms with E-state index in [-0.39, 0.29) is 16.0 Å². The van der Waals surface area contributed by atoms with Gasteiger partial charge in [-0.1, -0.05) is 42.8 Å². The van der Waals surface area contributed by atoms with Gasteiger partial charge in [0.25, 0.3) is 0 Å². The Balaban J connectivity index is 2.21. The largest absolute Gasteiger partial charge is 0.263 e. The topological polar surface area (TPSA) is 59.1 Å². The molecule has 6 heteroatoms.